The van der Waals surface area contributed by atoms with Crippen LogP contribution in [0.2, 0.25) is 0 Å². The number of aliphatic carboxylic acids is 1. The van der Waals surface area contributed by atoms with E-state index in [1.54, 1.807) is 0 Å². The van der Waals surface area contributed by atoms with Gasteiger partial charge in [0.15, 0.2) is 0 Å². The quantitative estimate of drug-likeness (QED) is 0.636. The maximum atomic E-state index is 11.1. The highest BCUT2D eigenvalue weighted by molar-refractivity contribution is 8.03. The van der Waals surface area contributed by atoms with Crippen molar-refractivity contribution < 1.29 is 26.7 Å². The Bertz CT molecular complexity index is 457. The number of hydrogen-bond donors (Lipinski definition) is 1. The molecule has 9 heteroatoms. The molecule has 0 fully saturated rings. The lowest BCUT2D eigenvalue weighted by Crippen LogP contribution is -2.36. The lowest BCUT2D eigenvalue weighted by Gasteiger charge is -2.16. The van der Waals surface area contributed by atoms with Crippen molar-refractivity contribution >= 4 is 26.0 Å². The minimum Gasteiger partial charge on any atom is -0.478 e. The van der Waals surface area contributed by atoms with Crippen molar-refractivity contribution in [2.24, 2.45) is 0 Å². The maximum absolute atomic E-state index is 11.1. The first-order valence-electron chi connectivity index (χ1n) is 4.05. The summed E-state index contributed by atoms with van der Waals surface area (Å²) < 4.78 is 44.8. The van der Waals surface area contributed by atoms with Crippen LogP contribution in [0.3, 0.4) is 0 Å². The Balaban J connectivity index is 4.89. The summed E-state index contributed by atoms with van der Waals surface area (Å²) >= 11 is 0. The molecule has 0 spiro atoms. The maximum Gasteiger partial charge on any atom is 0.331 e. The molecule has 0 aliphatic heterocycles. The van der Waals surface area contributed by atoms with Gasteiger partial charge in [-0.25, -0.2) is 21.6 Å². The van der Waals surface area contributed by atoms with Crippen molar-refractivity contribution in [1.82, 2.24) is 3.71 Å². The first-order valence-corrected chi connectivity index (χ1v) is 7.75. The summed E-state index contributed by atoms with van der Waals surface area (Å²) in [6, 6.07) is 0. The van der Waals surface area contributed by atoms with Gasteiger partial charge in [-0.3, -0.25) is 0 Å². The van der Waals surface area contributed by atoms with Crippen molar-refractivity contribution in [2.45, 2.75) is 6.42 Å². The van der Waals surface area contributed by atoms with E-state index in [1.807, 2.05) is 0 Å². The van der Waals surface area contributed by atoms with Crippen LogP contribution in [0.15, 0.2) is 12.2 Å². The molecule has 16 heavy (non-hydrogen) atoms. The SMILES string of the molecule is C=C(CCN(S(C)(=O)=O)S(C)(=O)=O)C(=O)O. The van der Waals surface area contributed by atoms with Crippen molar-refractivity contribution in [3.05, 3.63) is 12.2 Å². The molecule has 0 saturated carbocycles. The molecule has 0 rings (SSSR count). The Morgan fingerprint density at radius 3 is 1.81 bits per heavy atom. The summed E-state index contributed by atoms with van der Waals surface area (Å²) in [7, 11) is -7.87. The number of carboxylic acid groups (broad SMARTS) is 1. The Hall–Kier alpha value is -0.930. The van der Waals surface area contributed by atoms with E-state index in [-0.39, 0.29) is 15.7 Å². The van der Waals surface area contributed by atoms with E-state index in [1.165, 1.54) is 0 Å². The highest BCUT2D eigenvalue weighted by Gasteiger charge is 2.26. The lowest BCUT2D eigenvalue weighted by atomic mass is 10.2. The highest BCUT2D eigenvalue weighted by Crippen LogP contribution is 2.09. The predicted octanol–water partition coefficient (Wildman–Crippen LogP) is -0.761. The first-order chi connectivity index (χ1) is 6.96. The van der Waals surface area contributed by atoms with Gasteiger partial charge < -0.3 is 5.11 Å². The normalized spacial score (nSPS) is 12.7. The van der Waals surface area contributed by atoms with E-state index in [2.05, 4.69) is 6.58 Å². The molecule has 0 bridgehead atoms. The predicted molar refractivity (Wildman–Crippen MR) is 57.8 cm³/mol. The fraction of sp³-hybridized carbons (Fsp3) is 0.571. The molecule has 0 atom stereocenters. The zero-order valence-corrected chi connectivity index (χ0v) is 10.5. The lowest BCUT2D eigenvalue weighted by molar-refractivity contribution is -0.132. The van der Waals surface area contributed by atoms with E-state index in [0.29, 0.717) is 0 Å². The third kappa shape index (κ3) is 4.73. The van der Waals surface area contributed by atoms with Crippen LogP contribution in [0, 0.1) is 0 Å². The molecule has 0 amide bonds. The standard InChI is InChI=1S/C7H13NO6S2/c1-6(7(9)10)4-5-8(15(2,11)12)16(3,13)14/h1,4-5H2,2-3H3,(H,9,10). The van der Waals surface area contributed by atoms with Gasteiger partial charge in [-0.05, 0) is 6.42 Å². The van der Waals surface area contributed by atoms with Crippen LogP contribution >= 0.6 is 0 Å². The third-order valence-corrected chi connectivity index (χ3v) is 5.11. The van der Waals surface area contributed by atoms with Crippen LogP contribution in [0.1, 0.15) is 6.42 Å². The Morgan fingerprint density at radius 2 is 1.56 bits per heavy atom. The number of nitrogens with zero attached hydrogens (tertiary/aromatic N) is 1. The first kappa shape index (κ1) is 15.1. The largest absolute Gasteiger partial charge is 0.478 e. The molecular weight excluding hydrogens is 258 g/mol. The minimum absolute atomic E-state index is 0.244. The monoisotopic (exact) mass is 271 g/mol. The fourth-order valence-corrected chi connectivity index (χ4v) is 3.72. The van der Waals surface area contributed by atoms with Crippen LogP contribution in [0.5, 0.6) is 0 Å². The van der Waals surface area contributed by atoms with Gasteiger partial charge in [-0.15, -0.1) is 0 Å². The summed E-state index contributed by atoms with van der Waals surface area (Å²) in [4.78, 5) is 10.4. The second kappa shape index (κ2) is 4.93. The van der Waals surface area contributed by atoms with Crippen LogP contribution in [0.4, 0.5) is 0 Å². The average molecular weight is 271 g/mol. The van der Waals surface area contributed by atoms with E-state index in [0.717, 1.165) is 12.5 Å². The molecule has 0 aliphatic carbocycles. The number of carbonyl (C=O) groups is 1. The van der Waals surface area contributed by atoms with Crippen molar-refractivity contribution in [2.75, 3.05) is 19.1 Å². The molecule has 0 saturated heterocycles. The van der Waals surface area contributed by atoms with Gasteiger partial charge in [-0.2, -0.15) is 0 Å². The summed E-state index contributed by atoms with van der Waals surface area (Å²) in [6.07, 6.45) is 1.21. The van der Waals surface area contributed by atoms with Crippen molar-refractivity contribution in [3.8, 4) is 0 Å². The molecule has 0 aliphatic rings. The van der Waals surface area contributed by atoms with Gasteiger partial charge in [0.05, 0.1) is 12.5 Å². The number of sulfonamides is 2. The zero-order valence-electron chi connectivity index (χ0n) is 8.87. The number of carboxylic acids is 1. The molecule has 0 unspecified atom stereocenters. The summed E-state index contributed by atoms with van der Waals surface area (Å²) in [5.74, 6) is -1.29. The van der Waals surface area contributed by atoms with E-state index in [4.69, 9.17) is 5.11 Å². The van der Waals surface area contributed by atoms with Crippen LogP contribution in [-0.2, 0) is 24.8 Å². The Morgan fingerprint density at radius 1 is 1.19 bits per heavy atom. The van der Waals surface area contributed by atoms with Gasteiger partial charge in [0, 0.05) is 12.1 Å². The molecule has 0 aromatic heterocycles. The van der Waals surface area contributed by atoms with Gasteiger partial charge in [0.25, 0.3) is 0 Å². The zero-order chi connectivity index (χ0) is 13.1. The minimum atomic E-state index is -3.93. The molecule has 0 heterocycles. The number of hydrogen-bond acceptors (Lipinski definition) is 5. The highest BCUT2D eigenvalue weighted by atomic mass is 32.3. The second-order valence-electron chi connectivity index (χ2n) is 3.18. The molecular formula is C7H13NO6S2. The summed E-state index contributed by atoms with van der Waals surface area (Å²) in [6.45, 7) is 2.72. The van der Waals surface area contributed by atoms with Gasteiger partial charge >= 0.3 is 5.97 Å². The molecule has 94 valence electrons. The molecule has 7 nitrogen and oxygen atoms in total. The fourth-order valence-electron chi connectivity index (χ4n) is 0.911. The Kier molecular flexibility index (Phi) is 4.65. The van der Waals surface area contributed by atoms with E-state index < -0.39 is 32.6 Å². The van der Waals surface area contributed by atoms with Crippen LogP contribution < -0.4 is 0 Å². The van der Waals surface area contributed by atoms with Crippen LogP contribution in [-0.4, -0.2) is 50.7 Å². The van der Waals surface area contributed by atoms with Crippen molar-refractivity contribution in [3.63, 3.8) is 0 Å². The van der Waals surface area contributed by atoms with E-state index >= 15 is 0 Å². The molecule has 1 N–H and O–H groups in total. The summed E-state index contributed by atoms with van der Waals surface area (Å²) in [5.41, 5.74) is -0.252. The smallest absolute Gasteiger partial charge is 0.331 e. The average Bonchev–Trinajstić information content (AvgIpc) is 1.98. The van der Waals surface area contributed by atoms with Crippen LogP contribution in [0.25, 0.3) is 0 Å². The van der Waals surface area contributed by atoms with Gasteiger partial charge in [0.1, 0.15) is 0 Å². The van der Waals surface area contributed by atoms with E-state index in [9.17, 15) is 21.6 Å². The molecule has 0 aromatic carbocycles. The summed E-state index contributed by atoms with van der Waals surface area (Å²) in [5, 5.41) is 8.48. The third-order valence-electron chi connectivity index (χ3n) is 1.64. The van der Waals surface area contributed by atoms with Gasteiger partial charge in [-0.1, -0.05) is 10.3 Å². The van der Waals surface area contributed by atoms with Gasteiger partial charge in [0.2, 0.25) is 20.0 Å². The molecule has 0 aromatic rings. The Labute approximate surface area is 94.5 Å². The number of rotatable bonds is 6. The second-order valence-corrected chi connectivity index (χ2v) is 7.23. The van der Waals surface area contributed by atoms with Crippen molar-refractivity contribution in [1.29, 1.82) is 0 Å². The topological polar surface area (TPSA) is 109 Å². The molecule has 0 radical (unpaired) electrons.